The van der Waals surface area contributed by atoms with Crippen LogP contribution < -0.4 is 0 Å². The van der Waals surface area contributed by atoms with Crippen molar-refractivity contribution in [3.63, 3.8) is 0 Å². The average molecular weight is 451 g/mol. The third-order valence-electron chi connectivity index (χ3n) is 7.45. The first kappa shape index (κ1) is 24.7. The number of fused-ring (bicyclic) bond motifs is 1. The van der Waals surface area contributed by atoms with Gasteiger partial charge in [0.05, 0.1) is 37.2 Å². The van der Waals surface area contributed by atoms with Gasteiger partial charge >= 0.3 is 5.97 Å². The summed E-state index contributed by atoms with van der Waals surface area (Å²) in [5.41, 5.74) is -1.07. The third-order valence-corrected chi connectivity index (χ3v) is 7.45. The lowest BCUT2D eigenvalue weighted by Gasteiger charge is -2.40. The highest BCUT2D eigenvalue weighted by Gasteiger charge is 2.75. The van der Waals surface area contributed by atoms with Crippen LogP contribution in [-0.2, 0) is 23.9 Å². The fourth-order valence-corrected chi connectivity index (χ4v) is 6.04. The van der Waals surface area contributed by atoms with Gasteiger partial charge in [-0.05, 0) is 39.5 Å². The first-order valence-electron chi connectivity index (χ1n) is 12.0. The van der Waals surface area contributed by atoms with Crippen LogP contribution in [0.5, 0.6) is 0 Å². The van der Waals surface area contributed by atoms with Crippen LogP contribution in [0, 0.1) is 11.8 Å². The van der Waals surface area contributed by atoms with Crippen molar-refractivity contribution in [1.82, 2.24) is 9.80 Å². The second kappa shape index (κ2) is 9.91. The topological polar surface area (TPSA) is 96.4 Å². The van der Waals surface area contributed by atoms with Crippen LogP contribution in [-0.4, -0.2) is 82.3 Å². The lowest BCUT2D eigenvalue weighted by molar-refractivity contribution is -0.156. The first-order chi connectivity index (χ1) is 15.3. The molecule has 8 heteroatoms. The molecule has 0 radical (unpaired) electrons. The lowest BCUT2D eigenvalue weighted by atomic mass is 9.70. The molecule has 1 N–H and O–H groups in total. The molecule has 180 valence electrons. The summed E-state index contributed by atoms with van der Waals surface area (Å²) in [6.07, 6.45) is 4.64. The smallest absolute Gasteiger partial charge is 0.312 e. The normalized spacial score (nSPS) is 32.5. The molecule has 3 heterocycles. The van der Waals surface area contributed by atoms with Crippen molar-refractivity contribution in [2.45, 2.75) is 89.6 Å². The monoisotopic (exact) mass is 450 g/mol. The van der Waals surface area contributed by atoms with E-state index in [1.807, 2.05) is 13.8 Å². The summed E-state index contributed by atoms with van der Waals surface area (Å²) in [5, 5.41) is 10.1. The zero-order valence-electron chi connectivity index (χ0n) is 19.8. The van der Waals surface area contributed by atoms with Gasteiger partial charge in [0.2, 0.25) is 11.8 Å². The second-order valence-corrected chi connectivity index (χ2v) is 9.22. The molecule has 7 atom stereocenters. The molecule has 0 aromatic heterocycles. The second-order valence-electron chi connectivity index (χ2n) is 9.22. The Bertz CT molecular complexity index is 738. The molecule has 0 aromatic rings. The van der Waals surface area contributed by atoms with Crippen LogP contribution in [0.25, 0.3) is 0 Å². The van der Waals surface area contributed by atoms with Crippen LogP contribution in [0.3, 0.4) is 0 Å². The maximum atomic E-state index is 14.1. The Labute approximate surface area is 190 Å². The predicted octanol–water partition coefficient (Wildman–Crippen LogP) is 1.90. The van der Waals surface area contributed by atoms with E-state index in [1.54, 1.807) is 17.9 Å². The Morgan fingerprint density at radius 3 is 2.69 bits per heavy atom. The minimum atomic E-state index is -1.07. The molecular formula is C24H38N2O6. The quantitative estimate of drug-likeness (QED) is 0.382. The third kappa shape index (κ3) is 3.75. The Kier molecular flexibility index (Phi) is 7.65. The summed E-state index contributed by atoms with van der Waals surface area (Å²) in [5.74, 6) is -2.40. The molecule has 3 rings (SSSR count). The van der Waals surface area contributed by atoms with Gasteiger partial charge in [-0.2, -0.15) is 0 Å². The maximum absolute atomic E-state index is 14.1. The van der Waals surface area contributed by atoms with Crippen molar-refractivity contribution in [3.8, 4) is 0 Å². The molecule has 0 aliphatic carbocycles. The lowest BCUT2D eigenvalue weighted by Crippen LogP contribution is -2.60. The molecule has 3 aliphatic rings. The molecule has 1 spiro atoms. The van der Waals surface area contributed by atoms with Gasteiger partial charge in [0.15, 0.2) is 0 Å². The van der Waals surface area contributed by atoms with Gasteiger partial charge in [0.1, 0.15) is 11.6 Å². The molecule has 32 heavy (non-hydrogen) atoms. The van der Waals surface area contributed by atoms with Gasteiger partial charge < -0.3 is 24.4 Å². The van der Waals surface area contributed by atoms with Crippen LogP contribution >= 0.6 is 0 Å². The van der Waals surface area contributed by atoms with Crippen molar-refractivity contribution < 1.29 is 29.0 Å². The minimum absolute atomic E-state index is 0.0356. The number of amides is 2. The van der Waals surface area contributed by atoms with Crippen molar-refractivity contribution in [2.75, 3.05) is 19.8 Å². The number of nitrogens with zero attached hydrogens (tertiary/aromatic N) is 2. The molecule has 2 amide bonds. The van der Waals surface area contributed by atoms with Gasteiger partial charge in [0, 0.05) is 12.6 Å². The minimum Gasteiger partial charge on any atom is -0.466 e. The van der Waals surface area contributed by atoms with E-state index in [2.05, 4.69) is 13.5 Å². The van der Waals surface area contributed by atoms with Crippen molar-refractivity contribution in [2.24, 2.45) is 11.8 Å². The molecule has 0 aromatic carbocycles. The number of hydrogen-bond donors (Lipinski definition) is 1. The van der Waals surface area contributed by atoms with Gasteiger partial charge in [-0.25, -0.2) is 0 Å². The Hall–Kier alpha value is -1.93. The number of rotatable bonds is 11. The highest BCUT2D eigenvalue weighted by Crippen LogP contribution is 2.59. The van der Waals surface area contributed by atoms with E-state index in [0.717, 1.165) is 12.8 Å². The number of hydrogen-bond acceptors (Lipinski definition) is 6. The Morgan fingerprint density at radius 2 is 2.12 bits per heavy atom. The largest absolute Gasteiger partial charge is 0.466 e. The van der Waals surface area contributed by atoms with Gasteiger partial charge in [-0.15, -0.1) is 6.58 Å². The molecule has 2 bridgehead atoms. The fourth-order valence-electron chi connectivity index (χ4n) is 6.04. The number of ether oxygens (including phenoxy) is 2. The number of aliphatic hydroxyl groups excluding tert-OH is 1. The standard InChI is InChI=1S/C24H38N2O6/c1-6-10-15(5)25(13-7-2)22(29)20-24-12-11-17(32-24)18(23(30)31-9-4)19(24)21(28)26(20)16(8-3)14-27/h7,15-20,27H,2,6,8-14H2,1,3-5H3/t15?,16-,17+,18-,19-,20+,24-/m0/s1. The number of esters is 1. The summed E-state index contributed by atoms with van der Waals surface area (Å²) in [6.45, 7) is 11.8. The van der Waals surface area contributed by atoms with Crippen LogP contribution in [0.4, 0.5) is 0 Å². The molecule has 1 unspecified atom stereocenters. The van der Waals surface area contributed by atoms with E-state index >= 15 is 0 Å². The number of aliphatic hydroxyl groups is 1. The summed E-state index contributed by atoms with van der Waals surface area (Å²) in [6, 6.07) is -1.43. The number of likely N-dealkylation sites (tertiary alicyclic amines) is 1. The van der Waals surface area contributed by atoms with Crippen LogP contribution in [0.15, 0.2) is 12.7 Å². The Morgan fingerprint density at radius 1 is 1.41 bits per heavy atom. The zero-order chi connectivity index (χ0) is 23.6. The summed E-state index contributed by atoms with van der Waals surface area (Å²) < 4.78 is 11.7. The molecular weight excluding hydrogens is 412 g/mol. The first-order valence-corrected chi connectivity index (χ1v) is 12.0. The fraction of sp³-hybridized carbons (Fsp3) is 0.792. The van der Waals surface area contributed by atoms with E-state index in [9.17, 15) is 19.5 Å². The summed E-state index contributed by atoms with van der Waals surface area (Å²) in [7, 11) is 0. The maximum Gasteiger partial charge on any atom is 0.312 e. The molecule has 3 fully saturated rings. The van der Waals surface area contributed by atoms with Crippen LogP contribution in [0.2, 0.25) is 0 Å². The highest BCUT2D eigenvalue weighted by atomic mass is 16.6. The van der Waals surface area contributed by atoms with Crippen molar-refractivity contribution >= 4 is 17.8 Å². The van der Waals surface area contributed by atoms with Crippen molar-refractivity contribution in [3.05, 3.63) is 12.7 Å². The van der Waals surface area contributed by atoms with Gasteiger partial charge in [-0.1, -0.05) is 26.3 Å². The molecule has 3 saturated heterocycles. The SMILES string of the molecule is C=CCN(C(=O)[C@H]1N([C@@H](CC)CO)C(=O)[C@@H]2[C@@H](C(=O)OCC)[C@H]3CC[C@]21O3)C(C)CCC. The molecule has 8 nitrogen and oxygen atoms in total. The number of carbonyl (C=O) groups is 3. The van der Waals surface area contributed by atoms with E-state index in [-0.39, 0.29) is 31.1 Å². The summed E-state index contributed by atoms with van der Waals surface area (Å²) >= 11 is 0. The average Bonchev–Trinajstić information content (AvgIpc) is 3.41. The van der Waals surface area contributed by atoms with Crippen LogP contribution in [0.1, 0.15) is 59.8 Å². The van der Waals surface area contributed by atoms with Gasteiger partial charge in [-0.3, -0.25) is 14.4 Å². The Balaban J connectivity index is 2.07. The molecule has 3 aliphatic heterocycles. The highest BCUT2D eigenvalue weighted by molar-refractivity contribution is 5.98. The summed E-state index contributed by atoms with van der Waals surface area (Å²) in [4.78, 5) is 44.0. The van der Waals surface area contributed by atoms with E-state index in [4.69, 9.17) is 9.47 Å². The molecule has 0 saturated carbocycles. The van der Waals surface area contributed by atoms with Crippen molar-refractivity contribution in [1.29, 1.82) is 0 Å². The van der Waals surface area contributed by atoms with E-state index in [0.29, 0.717) is 25.8 Å². The number of carbonyl (C=O) groups excluding carboxylic acids is 3. The zero-order valence-corrected chi connectivity index (χ0v) is 19.8. The van der Waals surface area contributed by atoms with E-state index in [1.165, 1.54) is 4.90 Å². The predicted molar refractivity (Wildman–Crippen MR) is 119 cm³/mol. The van der Waals surface area contributed by atoms with Gasteiger partial charge in [0.25, 0.3) is 0 Å². The van der Waals surface area contributed by atoms with E-state index < -0.39 is 41.6 Å².